The van der Waals surface area contributed by atoms with Crippen LogP contribution in [0.4, 0.5) is 0 Å². The van der Waals surface area contributed by atoms with E-state index in [-0.39, 0.29) is 11.6 Å². The molecule has 4 nitrogen and oxygen atoms in total. The first-order valence-corrected chi connectivity index (χ1v) is 4.30. The third-order valence-corrected chi connectivity index (χ3v) is 3.18. The van der Waals surface area contributed by atoms with E-state index < -0.39 is 0 Å². The van der Waals surface area contributed by atoms with E-state index in [1.165, 1.54) is 19.4 Å². The number of ether oxygens (including phenoxy) is 1. The molecule has 12 heavy (non-hydrogen) atoms. The van der Waals surface area contributed by atoms with Crippen molar-refractivity contribution in [2.45, 2.75) is 18.4 Å². The average molecular weight is 169 g/mol. The van der Waals surface area contributed by atoms with Crippen molar-refractivity contribution in [1.29, 1.82) is 5.41 Å². The van der Waals surface area contributed by atoms with Gasteiger partial charge >= 0.3 is 0 Å². The van der Waals surface area contributed by atoms with Crippen molar-refractivity contribution < 1.29 is 4.74 Å². The Kier molecular flexibility index (Phi) is 1.54. The van der Waals surface area contributed by atoms with Crippen molar-refractivity contribution in [3.8, 4) is 0 Å². The maximum Gasteiger partial charge on any atom is 0.279 e. The fourth-order valence-electron chi connectivity index (χ4n) is 2.48. The van der Waals surface area contributed by atoms with Crippen molar-refractivity contribution in [1.82, 2.24) is 4.90 Å². The molecule has 0 unspecified atom stereocenters. The first-order chi connectivity index (χ1) is 5.62. The minimum Gasteiger partial charge on any atom is -0.464 e. The van der Waals surface area contributed by atoms with Crippen molar-refractivity contribution in [2.75, 3.05) is 20.2 Å². The fourth-order valence-corrected chi connectivity index (χ4v) is 2.48. The van der Waals surface area contributed by atoms with Crippen LogP contribution < -0.4 is 5.73 Å². The summed E-state index contributed by atoms with van der Waals surface area (Å²) in [6, 6.07) is -0.159. The lowest BCUT2D eigenvalue weighted by atomic mass is 9.74. The zero-order chi connectivity index (χ0) is 8.77. The van der Waals surface area contributed by atoms with Gasteiger partial charge in [0.1, 0.15) is 6.61 Å². The van der Waals surface area contributed by atoms with Gasteiger partial charge in [0.15, 0.2) is 0 Å². The molecule has 4 heteroatoms. The molecule has 0 amide bonds. The van der Waals surface area contributed by atoms with Gasteiger partial charge in [-0.3, -0.25) is 10.3 Å². The summed E-state index contributed by atoms with van der Waals surface area (Å²) in [6.45, 7) is 1.77. The largest absolute Gasteiger partial charge is 0.464 e. The summed E-state index contributed by atoms with van der Waals surface area (Å²) in [7, 11) is 2.12. The van der Waals surface area contributed by atoms with Gasteiger partial charge in [0.2, 0.25) is 0 Å². The number of nitrogens with one attached hydrogen (secondary N) is 1. The van der Waals surface area contributed by atoms with E-state index in [0.717, 1.165) is 5.92 Å². The minimum absolute atomic E-state index is 0.159. The quantitative estimate of drug-likeness (QED) is 0.451. The topological polar surface area (TPSA) is 62.3 Å². The molecular weight excluding hydrogens is 154 g/mol. The first kappa shape index (κ1) is 7.86. The van der Waals surface area contributed by atoms with E-state index in [9.17, 15) is 0 Å². The summed E-state index contributed by atoms with van der Waals surface area (Å²) in [6.07, 6.45) is 2.44. The normalized spacial score (nSPS) is 39.2. The Morgan fingerprint density at radius 2 is 2.42 bits per heavy atom. The number of amidine groups is 1. The third-order valence-electron chi connectivity index (χ3n) is 3.18. The molecule has 1 saturated carbocycles. The minimum atomic E-state index is -0.159. The summed E-state index contributed by atoms with van der Waals surface area (Å²) in [5.74, 6) is 0.866. The maximum absolute atomic E-state index is 6.97. The van der Waals surface area contributed by atoms with Crippen molar-refractivity contribution in [3.63, 3.8) is 0 Å². The predicted octanol–water partition coefficient (Wildman–Crippen LogP) is -0.00933. The number of fused-ring (bicyclic) bond motifs is 1. The molecule has 0 aromatic carbocycles. The van der Waals surface area contributed by atoms with E-state index in [2.05, 4.69) is 11.9 Å². The second-order valence-electron chi connectivity index (χ2n) is 4.03. The summed E-state index contributed by atoms with van der Waals surface area (Å²) in [5, 5.41) is 6.97. The second kappa shape index (κ2) is 2.36. The van der Waals surface area contributed by atoms with Crippen LogP contribution in [-0.4, -0.2) is 36.7 Å². The van der Waals surface area contributed by atoms with Crippen molar-refractivity contribution in [3.05, 3.63) is 0 Å². The third kappa shape index (κ3) is 0.982. The molecule has 68 valence electrons. The van der Waals surface area contributed by atoms with Crippen LogP contribution in [-0.2, 0) is 4.74 Å². The fraction of sp³-hybridized carbons (Fsp3) is 0.875. The van der Waals surface area contributed by atoms with Crippen LogP contribution in [0.25, 0.3) is 0 Å². The number of likely N-dealkylation sites (N-methyl/N-ethyl adjacent to an activating group) is 1. The molecule has 3 aliphatic rings. The zero-order valence-corrected chi connectivity index (χ0v) is 7.34. The molecule has 0 aromatic rings. The molecule has 2 heterocycles. The van der Waals surface area contributed by atoms with Gasteiger partial charge in [-0.1, -0.05) is 0 Å². The lowest BCUT2D eigenvalue weighted by molar-refractivity contribution is 0.0567. The lowest BCUT2D eigenvalue weighted by Gasteiger charge is -2.40. The Morgan fingerprint density at radius 3 is 2.83 bits per heavy atom. The highest BCUT2D eigenvalue weighted by molar-refractivity contribution is 5.67. The maximum atomic E-state index is 6.97. The lowest BCUT2D eigenvalue weighted by Crippen LogP contribution is -2.49. The Balaban J connectivity index is 1.91. The molecule has 2 saturated heterocycles. The molecule has 2 bridgehead atoms. The Bertz CT molecular complexity index is 210. The van der Waals surface area contributed by atoms with Gasteiger partial charge < -0.3 is 10.5 Å². The van der Waals surface area contributed by atoms with Crippen LogP contribution in [0.2, 0.25) is 0 Å². The average Bonchev–Trinajstić information content (AvgIpc) is 2.35. The van der Waals surface area contributed by atoms with Crippen LogP contribution in [0.15, 0.2) is 0 Å². The highest BCUT2D eigenvalue weighted by Gasteiger charge is 2.54. The van der Waals surface area contributed by atoms with Gasteiger partial charge in [-0.2, -0.15) is 0 Å². The molecular formula is C8H15N3O. The monoisotopic (exact) mass is 169 g/mol. The molecule has 3 N–H and O–H groups in total. The van der Waals surface area contributed by atoms with Gasteiger partial charge in [0.25, 0.3) is 6.02 Å². The smallest absolute Gasteiger partial charge is 0.279 e. The predicted molar refractivity (Wildman–Crippen MR) is 46.0 cm³/mol. The Morgan fingerprint density at radius 1 is 1.75 bits per heavy atom. The number of nitrogens with two attached hydrogens (primary N) is 1. The van der Waals surface area contributed by atoms with Crippen molar-refractivity contribution in [2.24, 2.45) is 11.7 Å². The summed E-state index contributed by atoms with van der Waals surface area (Å²) >= 11 is 0. The zero-order valence-electron chi connectivity index (χ0n) is 7.34. The van der Waals surface area contributed by atoms with Crippen LogP contribution in [0, 0.1) is 11.3 Å². The number of hydrogen-bond donors (Lipinski definition) is 2. The molecule has 0 spiro atoms. The van der Waals surface area contributed by atoms with Crippen LogP contribution >= 0.6 is 0 Å². The summed E-state index contributed by atoms with van der Waals surface area (Å²) < 4.78 is 5.06. The number of rotatable bonds is 2. The highest BCUT2D eigenvalue weighted by atomic mass is 16.5. The van der Waals surface area contributed by atoms with E-state index >= 15 is 0 Å². The number of hydrogen-bond acceptors (Lipinski definition) is 3. The second-order valence-corrected chi connectivity index (χ2v) is 4.03. The SMILES string of the molecule is CN1CC2CC1(COC(=N)N)C2. The van der Waals surface area contributed by atoms with Gasteiger partial charge in [-0.25, -0.2) is 0 Å². The van der Waals surface area contributed by atoms with Crippen LogP contribution in [0.1, 0.15) is 12.8 Å². The molecule has 1 aliphatic carbocycles. The molecule has 2 aliphatic heterocycles. The molecule has 3 fully saturated rings. The van der Waals surface area contributed by atoms with Gasteiger partial charge in [-0.05, 0) is 25.8 Å². The van der Waals surface area contributed by atoms with E-state index in [1.807, 2.05) is 0 Å². The van der Waals surface area contributed by atoms with E-state index in [4.69, 9.17) is 15.9 Å². The van der Waals surface area contributed by atoms with Gasteiger partial charge in [0.05, 0.1) is 5.54 Å². The highest BCUT2D eigenvalue weighted by Crippen LogP contribution is 2.49. The van der Waals surface area contributed by atoms with E-state index in [0.29, 0.717) is 6.61 Å². The molecule has 0 aromatic heterocycles. The van der Waals surface area contributed by atoms with Gasteiger partial charge in [-0.15, -0.1) is 0 Å². The van der Waals surface area contributed by atoms with Crippen LogP contribution in [0.3, 0.4) is 0 Å². The van der Waals surface area contributed by atoms with Gasteiger partial charge in [0, 0.05) is 6.54 Å². The van der Waals surface area contributed by atoms with Crippen LogP contribution in [0.5, 0.6) is 0 Å². The first-order valence-electron chi connectivity index (χ1n) is 4.30. The summed E-state index contributed by atoms with van der Waals surface area (Å²) in [5.41, 5.74) is 5.35. The molecule has 3 rings (SSSR count). The Hall–Kier alpha value is -0.770. The number of nitrogens with zero attached hydrogens (tertiary/aromatic N) is 1. The van der Waals surface area contributed by atoms with Crippen molar-refractivity contribution >= 4 is 6.02 Å². The summed E-state index contributed by atoms with van der Waals surface area (Å²) in [4.78, 5) is 2.33. The standard InChI is InChI=1S/C8H15N3O/c1-11-4-6-2-8(11,3-6)5-12-7(9)10/h6H,2-5H2,1H3,(H3,9,10). The molecule has 0 radical (unpaired) electrons. The Labute approximate surface area is 72.2 Å². The van der Waals surface area contributed by atoms with E-state index in [1.54, 1.807) is 0 Å². The molecule has 0 atom stereocenters.